The Morgan fingerprint density at radius 1 is 1.62 bits per heavy atom. The van der Waals surface area contributed by atoms with Gasteiger partial charge < -0.3 is 9.64 Å². The number of rotatable bonds is 4. The molecule has 0 aromatic carbocycles. The van der Waals surface area contributed by atoms with E-state index in [0.29, 0.717) is 22.5 Å². The van der Waals surface area contributed by atoms with Crippen molar-refractivity contribution in [2.24, 2.45) is 0 Å². The van der Waals surface area contributed by atoms with Crippen molar-refractivity contribution < 1.29 is 9.53 Å². The van der Waals surface area contributed by atoms with Gasteiger partial charge in [0.2, 0.25) is 5.91 Å². The van der Waals surface area contributed by atoms with E-state index in [-0.39, 0.29) is 0 Å². The summed E-state index contributed by atoms with van der Waals surface area (Å²) in [5, 5.41) is 0. The van der Waals surface area contributed by atoms with Gasteiger partial charge in [0.15, 0.2) is 0 Å². The molecule has 0 aromatic heterocycles. The molecule has 1 amide bonds. The van der Waals surface area contributed by atoms with Gasteiger partial charge in [-0.2, -0.15) is 11.8 Å². The zero-order chi connectivity index (χ0) is 11.6. The average molecular weight is 261 g/mol. The second kappa shape index (κ2) is 5.19. The highest BCUT2D eigenvalue weighted by atomic mass is 32.2. The average Bonchev–Trinajstić information content (AvgIpc) is 2.61. The molecule has 0 aromatic rings. The quantitative estimate of drug-likeness (QED) is 0.766. The Labute approximate surface area is 106 Å². The minimum atomic E-state index is 0.290. The van der Waals surface area contributed by atoms with Crippen molar-refractivity contribution in [3.63, 3.8) is 0 Å². The molecule has 0 bridgehead atoms. The third-order valence-electron chi connectivity index (χ3n) is 3.16. The van der Waals surface area contributed by atoms with Crippen LogP contribution in [0, 0.1) is 0 Å². The number of carbonyl (C=O) groups excluding carboxylic acids is 1. The lowest BCUT2D eigenvalue weighted by Gasteiger charge is -2.47. The molecule has 2 rings (SSSR count). The fourth-order valence-corrected chi connectivity index (χ4v) is 4.39. The molecule has 2 aliphatic rings. The molecule has 2 saturated heterocycles. The van der Waals surface area contributed by atoms with Gasteiger partial charge in [-0.1, -0.05) is 0 Å². The van der Waals surface area contributed by atoms with Gasteiger partial charge in [0.25, 0.3) is 0 Å². The second-order valence-electron chi connectivity index (χ2n) is 4.46. The van der Waals surface area contributed by atoms with Crippen LogP contribution in [0.2, 0.25) is 0 Å². The number of likely N-dealkylation sites (tertiary alicyclic amines) is 1. The van der Waals surface area contributed by atoms with Crippen LogP contribution in [0.4, 0.5) is 0 Å². The summed E-state index contributed by atoms with van der Waals surface area (Å²) in [6, 6.07) is 0. The molecule has 1 unspecified atom stereocenters. The fraction of sp³-hybridized carbons (Fsp3) is 0.909. The van der Waals surface area contributed by atoms with Gasteiger partial charge in [-0.05, 0) is 19.6 Å². The van der Waals surface area contributed by atoms with Gasteiger partial charge in [-0.25, -0.2) is 0 Å². The molecule has 2 aliphatic heterocycles. The highest BCUT2D eigenvalue weighted by Crippen LogP contribution is 2.46. The summed E-state index contributed by atoms with van der Waals surface area (Å²) >= 11 is 3.60. The van der Waals surface area contributed by atoms with Crippen LogP contribution < -0.4 is 0 Å². The summed E-state index contributed by atoms with van der Waals surface area (Å²) < 4.78 is 5.98. The number of nitrogens with zero attached hydrogens (tertiary/aromatic N) is 1. The van der Waals surface area contributed by atoms with E-state index in [2.05, 4.69) is 0 Å². The maximum atomic E-state index is 11.6. The Kier molecular flexibility index (Phi) is 4.08. The molecular formula is C11H19NO2S2. The van der Waals surface area contributed by atoms with Crippen molar-refractivity contribution in [2.45, 2.75) is 24.2 Å². The lowest BCUT2D eigenvalue weighted by Crippen LogP contribution is -2.61. The monoisotopic (exact) mass is 261 g/mol. The first-order valence-electron chi connectivity index (χ1n) is 5.71. The zero-order valence-corrected chi connectivity index (χ0v) is 11.5. The minimum Gasteiger partial charge on any atom is -0.378 e. The molecule has 0 aliphatic carbocycles. The fourth-order valence-electron chi connectivity index (χ4n) is 2.41. The molecule has 0 radical (unpaired) electrons. The smallest absolute Gasteiger partial charge is 0.232 e. The topological polar surface area (TPSA) is 29.5 Å². The van der Waals surface area contributed by atoms with Crippen molar-refractivity contribution in [2.75, 3.05) is 37.5 Å². The van der Waals surface area contributed by atoms with Crippen molar-refractivity contribution in [3.8, 4) is 0 Å². The van der Waals surface area contributed by atoms with E-state index in [1.807, 2.05) is 29.8 Å². The third-order valence-corrected chi connectivity index (χ3v) is 5.27. The second-order valence-corrected chi connectivity index (χ2v) is 6.81. The van der Waals surface area contributed by atoms with Crippen LogP contribution in [0.5, 0.6) is 0 Å². The van der Waals surface area contributed by atoms with Crippen LogP contribution in [0.15, 0.2) is 0 Å². The van der Waals surface area contributed by atoms with Crippen LogP contribution in [-0.2, 0) is 9.53 Å². The first-order chi connectivity index (χ1) is 7.69. The molecule has 3 nitrogen and oxygen atoms in total. The Morgan fingerprint density at radius 2 is 2.38 bits per heavy atom. The first-order valence-corrected chi connectivity index (χ1v) is 8.09. The largest absolute Gasteiger partial charge is 0.378 e. The van der Waals surface area contributed by atoms with Crippen LogP contribution in [-0.4, -0.2) is 59.1 Å². The predicted octanol–water partition coefficient (Wildman–Crippen LogP) is 1.47. The number of thioether (sulfide) groups is 2. The lowest BCUT2D eigenvalue weighted by molar-refractivity contribution is -0.133. The lowest BCUT2D eigenvalue weighted by atomic mass is 9.93. The van der Waals surface area contributed by atoms with Gasteiger partial charge in [-0.3, -0.25) is 4.79 Å². The van der Waals surface area contributed by atoms with Crippen molar-refractivity contribution in [1.29, 1.82) is 0 Å². The molecule has 5 heteroatoms. The summed E-state index contributed by atoms with van der Waals surface area (Å²) in [5.74, 6) is 2.01. The van der Waals surface area contributed by atoms with Gasteiger partial charge in [0.05, 0.1) is 16.6 Å². The predicted molar refractivity (Wildman–Crippen MR) is 70.2 cm³/mol. The molecular weight excluding hydrogens is 242 g/mol. The standard InChI is InChI=1S/C11H19NO2S2/c1-3-14-9-4-11(16-5-9)7-12(8-11)10(13)6-15-2/h9H,3-8H2,1-2H3. The van der Waals surface area contributed by atoms with E-state index >= 15 is 0 Å². The summed E-state index contributed by atoms with van der Waals surface area (Å²) in [5.41, 5.74) is 0. The van der Waals surface area contributed by atoms with Crippen molar-refractivity contribution in [1.82, 2.24) is 4.90 Å². The van der Waals surface area contributed by atoms with Gasteiger partial charge in [0.1, 0.15) is 0 Å². The highest BCUT2D eigenvalue weighted by Gasteiger charge is 2.50. The summed E-state index contributed by atoms with van der Waals surface area (Å²) in [7, 11) is 0. The van der Waals surface area contributed by atoms with E-state index in [1.54, 1.807) is 11.8 Å². The van der Waals surface area contributed by atoms with Gasteiger partial charge >= 0.3 is 0 Å². The number of hydrogen-bond acceptors (Lipinski definition) is 4. The third kappa shape index (κ3) is 2.51. The molecule has 0 N–H and O–H groups in total. The molecule has 2 heterocycles. The van der Waals surface area contributed by atoms with Gasteiger partial charge in [-0.15, -0.1) is 11.8 Å². The summed E-state index contributed by atoms with van der Waals surface area (Å²) in [4.78, 5) is 13.6. The molecule has 16 heavy (non-hydrogen) atoms. The van der Waals surface area contributed by atoms with Crippen LogP contribution >= 0.6 is 23.5 Å². The van der Waals surface area contributed by atoms with Crippen molar-refractivity contribution >= 4 is 29.4 Å². The SMILES string of the molecule is CCOC1CSC2(C1)CN(C(=O)CSC)C2. The van der Waals surface area contributed by atoms with E-state index < -0.39 is 0 Å². The minimum absolute atomic E-state index is 0.290. The van der Waals surface area contributed by atoms with E-state index in [4.69, 9.17) is 4.74 Å². The van der Waals surface area contributed by atoms with E-state index in [9.17, 15) is 4.79 Å². The van der Waals surface area contributed by atoms with Crippen molar-refractivity contribution in [3.05, 3.63) is 0 Å². The van der Waals surface area contributed by atoms with E-state index in [1.165, 1.54) is 0 Å². The normalized spacial score (nSPS) is 27.1. The zero-order valence-electron chi connectivity index (χ0n) is 9.90. The van der Waals surface area contributed by atoms with Gasteiger partial charge in [0, 0.05) is 25.4 Å². The molecule has 2 fully saturated rings. The molecule has 1 atom stereocenters. The molecule has 92 valence electrons. The van der Waals surface area contributed by atoms with Crippen LogP contribution in [0.3, 0.4) is 0 Å². The maximum absolute atomic E-state index is 11.6. The Balaban J connectivity index is 1.77. The van der Waals surface area contributed by atoms with Crippen LogP contribution in [0.1, 0.15) is 13.3 Å². The number of amides is 1. The first kappa shape index (κ1) is 12.6. The molecule has 1 spiro atoms. The molecule has 0 saturated carbocycles. The number of ether oxygens (including phenoxy) is 1. The maximum Gasteiger partial charge on any atom is 0.232 e. The Morgan fingerprint density at radius 3 is 3.00 bits per heavy atom. The summed E-state index contributed by atoms with van der Waals surface area (Å²) in [6.45, 7) is 4.71. The van der Waals surface area contributed by atoms with Crippen LogP contribution in [0.25, 0.3) is 0 Å². The highest BCUT2D eigenvalue weighted by molar-refractivity contribution is 8.01. The Bertz CT molecular complexity index is 267. The number of hydrogen-bond donors (Lipinski definition) is 0. The van der Waals surface area contributed by atoms with E-state index in [0.717, 1.165) is 31.9 Å². The summed E-state index contributed by atoms with van der Waals surface area (Å²) in [6.07, 6.45) is 3.50. The Hall–Kier alpha value is 0.130. The number of carbonyl (C=O) groups is 1.